The summed E-state index contributed by atoms with van der Waals surface area (Å²) in [5.41, 5.74) is 6.09. The molecule has 0 radical (unpaired) electrons. The van der Waals surface area contributed by atoms with Gasteiger partial charge in [-0.05, 0) is 12.1 Å². The zero-order valence-electron chi connectivity index (χ0n) is 10.5. The predicted octanol–water partition coefficient (Wildman–Crippen LogP) is 2.06. The number of anilines is 1. The molecule has 0 saturated heterocycles. The summed E-state index contributed by atoms with van der Waals surface area (Å²) >= 11 is 7.10. The zero-order valence-corrected chi connectivity index (χ0v) is 12.8. The van der Waals surface area contributed by atoms with Gasteiger partial charge >= 0.3 is 0 Å². The van der Waals surface area contributed by atoms with Crippen molar-refractivity contribution in [3.8, 4) is 5.75 Å². The standard InChI is InChI=1S/C11H12ClN3O3S2/c1-18-10-7(6-13)4-8(12)5-9(10)20(16,17)15-11-14-2-3-19-11/h2-5H,6,13H2,1H3,(H,14,15). The number of hydrogen-bond acceptors (Lipinski definition) is 6. The predicted molar refractivity (Wildman–Crippen MR) is 78.8 cm³/mol. The Morgan fingerprint density at radius 1 is 1.50 bits per heavy atom. The molecule has 2 rings (SSSR count). The van der Waals surface area contributed by atoms with E-state index in [1.165, 1.54) is 30.7 Å². The van der Waals surface area contributed by atoms with Crippen molar-refractivity contribution in [1.29, 1.82) is 0 Å². The van der Waals surface area contributed by atoms with E-state index in [1.54, 1.807) is 11.4 Å². The summed E-state index contributed by atoms with van der Waals surface area (Å²) in [5, 5.41) is 2.20. The summed E-state index contributed by atoms with van der Waals surface area (Å²) < 4.78 is 32.3. The average Bonchev–Trinajstić information content (AvgIpc) is 2.89. The third kappa shape index (κ3) is 3.04. The van der Waals surface area contributed by atoms with Crippen LogP contribution in [0.15, 0.2) is 28.6 Å². The Morgan fingerprint density at radius 3 is 2.80 bits per heavy atom. The van der Waals surface area contributed by atoms with Gasteiger partial charge in [0.2, 0.25) is 0 Å². The van der Waals surface area contributed by atoms with E-state index >= 15 is 0 Å². The summed E-state index contributed by atoms with van der Waals surface area (Å²) in [6.45, 7) is 0.115. The van der Waals surface area contributed by atoms with Crippen LogP contribution in [-0.4, -0.2) is 20.5 Å². The number of nitrogens with zero attached hydrogens (tertiary/aromatic N) is 1. The van der Waals surface area contributed by atoms with Crippen LogP contribution < -0.4 is 15.2 Å². The average molecular weight is 334 g/mol. The maximum atomic E-state index is 12.4. The Kier molecular flexibility index (Phi) is 4.48. The molecular formula is C11H12ClN3O3S2. The highest BCUT2D eigenvalue weighted by Crippen LogP contribution is 2.32. The van der Waals surface area contributed by atoms with E-state index in [0.29, 0.717) is 5.56 Å². The number of rotatable bonds is 5. The van der Waals surface area contributed by atoms with Gasteiger partial charge in [-0.3, -0.25) is 4.72 Å². The van der Waals surface area contributed by atoms with Gasteiger partial charge in [-0.15, -0.1) is 11.3 Å². The molecule has 0 aliphatic heterocycles. The molecule has 20 heavy (non-hydrogen) atoms. The minimum atomic E-state index is -3.85. The lowest BCUT2D eigenvalue weighted by molar-refractivity contribution is 0.398. The van der Waals surface area contributed by atoms with Gasteiger partial charge in [0, 0.05) is 28.7 Å². The first kappa shape index (κ1) is 15.0. The Hall–Kier alpha value is -1.35. The molecule has 0 fully saturated rings. The van der Waals surface area contributed by atoms with Crippen molar-refractivity contribution < 1.29 is 13.2 Å². The van der Waals surface area contributed by atoms with E-state index in [2.05, 4.69) is 9.71 Å². The fourth-order valence-corrected chi connectivity index (χ4v) is 3.98. The minimum Gasteiger partial charge on any atom is -0.495 e. The van der Waals surface area contributed by atoms with E-state index in [1.807, 2.05) is 0 Å². The van der Waals surface area contributed by atoms with Gasteiger partial charge in [-0.1, -0.05) is 11.6 Å². The molecular weight excluding hydrogens is 322 g/mol. The van der Waals surface area contributed by atoms with Crippen LogP contribution in [0.3, 0.4) is 0 Å². The normalized spacial score (nSPS) is 11.3. The number of sulfonamides is 1. The molecule has 0 atom stereocenters. The van der Waals surface area contributed by atoms with Gasteiger partial charge in [-0.25, -0.2) is 13.4 Å². The largest absolute Gasteiger partial charge is 0.495 e. The lowest BCUT2D eigenvalue weighted by atomic mass is 10.2. The molecule has 0 spiro atoms. The number of thiazole rings is 1. The van der Waals surface area contributed by atoms with Crippen molar-refractivity contribution in [1.82, 2.24) is 4.98 Å². The highest BCUT2D eigenvalue weighted by Gasteiger charge is 2.23. The SMILES string of the molecule is COc1c(CN)cc(Cl)cc1S(=O)(=O)Nc1nccs1. The molecule has 2 aromatic rings. The van der Waals surface area contributed by atoms with Crippen LogP contribution in [-0.2, 0) is 16.6 Å². The molecule has 6 nitrogen and oxygen atoms in total. The van der Waals surface area contributed by atoms with Crippen LogP contribution in [0.1, 0.15) is 5.56 Å². The van der Waals surface area contributed by atoms with Crippen LogP contribution in [0, 0.1) is 0 Å². The van der Waals surface area contributed by atoms with Crippen molar-refractivity contribution in [3.63, 3.8) is 0 Å². The highest BCUT2D eigenvalue weighted by molar-refractivity contribution is 7.93. The number of benzene rings is 1. The topological polar surface area (TPSA) is 94.3 Å². The summed E-state index contributed by atoms with van der Waals surface area (Å²) in [7, 11) is -2.47. The molecule has 0 saturated carbocycles. The molecule has 0 unspecified atom stereocenters. The molecule has 1 aromatic heterocycles. The van der Waals surface area contributed by atoms with Gasteiger partial charge < -0.3 is 10.5 Å². The van der Waals surface area contributed by atoms with Crippen molar-refractivity contribution in [2.45, 2.75) is 11.4 Å². The Bertz CT molecular complexity index is 702. The number of nitrogens with one attached hydrogen (secondary N) is 1. The molecule has 1 heterocycles. The fraction of sp³-hybridized carbons (Fsp3) is 0.182. The van der Waals surface area contributed by atoms with Crippen LogP contribution in [0.2, 0.25) is 5.02 Å². The van der Waals surface area contributed by atoms with Crippen molar-refractivity contribution in [2.75, 3.05) is 11.8 Å². The maximum absolute atomic E-state index is 12.4. The lowest BCUT2D eigenvalue weighted by Crippen LogP contribution is -2.15. The second-order valence-electron chi connectivity index (χ2n) is 3.74. The van der Waals surface area contributed by atoms with E-state index < -0.39 is 10.0 Å². The van der Waals surface area contributed by atoms with Crippen molar-refractivity contribution >= 4 is 38.1 Å². The van der Waals surface area contributed by atoms with Gasteiger partial charge in [0.25, 0.3) is 10.0 Å². The van der Waals surface area contributed by atoms with Gasteiger partial charge in [0.15, 0.2) is 5.13 Å². The number of methoxy groups -OCH3 is 1. The molecule has 1 aromatic carbocycles. The lowest BCUT2D eigenvalue weighted by Gasteiger charge is -2.14. The quantitative estimate of drug-likeness (QED) is 0.873. The number of halogens is 1. The molecule has 0 aliphatic rings. The first-order valence-corrected chi connectivity index (χ1v) is 8.21. The molecule has 9 heteroatoms. The van der Waals surface area contributed by atoms with E-state index in [9.17, 15) is 8.42 Å². The monoisotopic (exact) mass is 333 g/mol. The second kappa shape index (κ2) is 5.96. The third-order valence-corrected chi connectivity index (χ3v) is 4.84. The fourth-order valence-electron chi connectivity index (χ4n) is 1.65. The Balaban J connectivity index is 2.53. The third-order valence-electron chi connectivity index (χ3n) is 2.46. The summed E-state index contributed by atoms with van der Waals surface area (Å²) in [6, 6.07) is 2.89. The van der Waals surface area contributed by atoms with Gasteiger partial charge in [-0.2, -0.15) is 0 Å². The van der Waals surface area contributed by atoms with Crippen molar-refractivity contribution in [2.24, 2.45) is 5.73 Å². The van der Waals surface area contributed by atoms with Gasteiger partial charge in [0.1, 0.15) is 10.6 Å². The van der Waals surface area contributed by atoms with Crippen molar-refractivity contribution in [3.05, 3.63) is 34.3 Å². The summed E-state index contributed by atoms with van der Waals surface area (Å²) in [6.07, 6.45) is 1.50. The number of aromatic nitrogens is 1. The minimum absolute atomic E-state index is 0.0665. The van der Waals surface area contributed by atoms with E-state index in [4.69, 9.17) is 22.1 Å². The van der Waals surface area contributed by atoms with Crippen LogP contribution in [0.4, 0.5) is 5.13 Å². The summed E-state index contributed by atoms with van der Waals surface area (Å²) in [5.74, 6) is 0.181. The maximum Gasteiger partial charge on any atom is 0.267 e. The second-order valence-corrected chi connectivity index (χ2v) is 6.73. The molecule has 0 aliphatic carbocycles. The summed E-state index contributed by atoms with van der Waals surface area (Å²) in [4.78, 5) is 3.81. The number of nitrogens with two attached hydrogens (primary N) is 1. The Labute approximate surface area is 125 Å². The number of ether oxygens (including phenoxy) is 1. The zero-order chi connectivity index (χ0) is 14.8. The first-order valence-electron chi connectivity index (χ1n) is 5.46. The Morgan fingerprint density at radius 2 is 2.25 bits per heavy atom. The van der Waals surface area contributed by atoms with Crippen LogP contribution in [0.5, 0.6) is 5.75 Å². The van der Waals surface area contributed by atoms with Crippen LogP contribution in [0.25, 0.3) is 0 Å². The van der Waals surface area contributed by atoms with Crippen LogP contribution >= 0.6 is 22.9 Å². The number of hydrogen-bond donors (Lipinski definition) is 2. The van der Waals surface area contributed by atoms with Gasteiger partial charge in [0.05, 0.1) is 7.11 Å². The molecule has 0 bridgehead atoms. The van der Waals surface area contributed by atoms with E-state index in [0.717, 1.165) is 0 Å². The molecule has 3 N–H and O–H groups in total. The first-order chi connectivity index (χ1) is 9.47. The molecule has 0 amide bonds. The highest BCUT2D eigenvalue weighted by atomic mass is 35.5. The smallest absolute Gasteiger partial charge is 0.267 e. The molecule has 108 valence electrons. The van der Waals surface area contributed by atoms with E-state index in [-0.39, 0.29) is 27.3 Å².